The summed E-state index contributed by atoms with van der Waals surface area (Å²) in [7, 11) is 0. The molecule has 5 nitrogen and oxygen atoms in total. The number of carbonyl (C=O) groups excluding carboxylic acids is 2. The van der Waals surface area contributed by atoms with E-state index in [-0.39, 0.29) is 17.7 Å². The molecule has 1 saturated heterocycles. The van der Waals surface area contributed by atoms with E-state index in [1.807, 2.05) is 4.90 Å². The number of rotatable bonds is 4. The molecule has 0 saturated carbocycles. The number of hydrogen-bond acceptors (Lipinski definition) is 3. The van der Waals surface area contributed by atoms with Gasteiger partial charge >= 0.3 is 0 Å². The van der Waals surface area contributed by atoms with Gasteiger partial charge in [-0.05, 0) is 56.0 Å². The summed E-state index contributed by atoms with van der Waals surface area (Å²) in [6, 6.07) is 8.37. The molecule has 0 spiro atoms. The maximum atomic E-state index is 13.1. The lowest BCUT2D eigenvalue weighted by atomic mass is 9.98. The van der Waals surface area contributed by atoms with Crippen molar-refractivity contribution in [1.82, 2.24) is 4.90 Å². The van der Waals surface area contributed by atoms with Gasteiger partial charge < -0.3 is 14.6 Å². The first-order valence-corrected chi connectivity index (χ1v) is 8.93. The van der Waals surface area contributed by atoms with Gasteiger partial charge in [-0.1, -0.05) is 18.5 Å². The monoisotopic (exact) mass is 360 g/mol. The molecule has 1 aliphatic heterocycles. The number of anilines is 1. The minimum Gasteiger partial charge on any atom is -0.459 e. The summed E-state index contributed by atoms with van der Waals surface area (Å²) in [5, 5.41) is 3.22. The molecule has 1 aromatic heterocycles. The third-order valence-electron chi connectivity index (χ3n) is 4.56. The normalized spacial score (nSPS) is 17.4. The van der Waals surface area contributed by atoms with Gasteiger partial charge in [0.2, 0.25) is 0 Å². The van der Waals surface area contributed by atoms with Crippen LogP contribution in [-0.2, 0) is 0 Å². The highest BCUT2D eigenvalue weighted by molar-refractivity contribution is 6.31. The van der Waals surface area contributed by atoms with Crippen LogP contribution in [0.15, 0.2) is 41.0 Å². The Bertz CT molecular complexity index is 758. The lowest BCUT2D eigenvalue weighted by molar-refractivity contribution is 0.0609. The van der Waals surface area contributed by atoms with E-state index in [1.165, 1.54) is 6.26 Å². The van der Waals surface area contributed by atoms with E-state index in [2.05, 4.69) is 12.2 Å². The number of halogens is 1. The fourth-order valence-corrected chi connectivity index (χ4v) is 3.41. The average molecular weight is 361 g/mol. The Morgan fingerprint density at radius 1 is 1.32 bits per heavy atom. The summed E-state index contributed by atoms with van der Waals surface area (Å²) in [4.78, 5) is 27.3. The molecule has 132 valence electrons. The van der Waals surface area contributed by atoms with Crippen LogP contribution in [0.25, 0.3) is 0 Å². The van der Waals surface area contributed by atoms with Gasteiger partial charge in [0.15, 0.2) is 5.76 Å². The van der Waals surface area contributed by atoms with Gasteiger partial charge in [0.1, 0.15) is 0 Å². The zero-order valence-corrected chi connectivity index (χ0v) is 14.9. The van der Waals surface area contributed by atoms with Crippen molar-refractivity contribution in [2.24, 2.45) is 0 Å². The molecule has 2 amide bonds. The van der Waals surface area contributed by atoms with Crippen molar-refractivity contribution >= 4 is 29.1 Å². The van der Waals surface area contributed by atoms with E-state index in [4.69, 9.17) is 16.0 Å². The summed E-state index contributed by atoms with van der Waals surface area (Å²) in [6.45, 7) is 2.82. The first kappa shape index (κ1) is 17.5. The minimum atomic E-state index is -0.396. The summed E-state index contributed by atoms with van der Waals surface area (Å²) >= 11 is 6.10. The molecule has 6 heteroatoms. The quantitative estimate of drug-likeness (QED) is 0.867. The number of hydrogen-bond donors (Lipinski definition) is 1. The molecular formula is C19H21ClN2O3. The molecule has 0 bridgehead atoms. The lowest BCUT2D eigenvalue weighted by Crippen LogP contribution is -2.43. The number of amides is 2. The van der Waals surface area contributed by atoms with Crippen LogP contribution >= 0.6 is 11.6 Å². The van der Waals surface area contributed by atoms with Crippen LogP contribution in [0.2, 0.25) is 5.02 Å². The van der Waals surface area contributed by atoms with Crippen molar-refractivity contribution in [3.8, 4) is 0 Å². The molecule has 25 heavy (non-hydrogen) atoms. The van der Waals surface area contributed by atoms with Crippen LogP contribution < -0.4 is 5.32 Å². The van der Waals surface area contributed by atoms with Gasteiger partial charge in [0.05, 0.1) is 17.5 Å². The van der Waals surface area contributed by atoms with Crippen LogP contribution in [0.1, 0.15) is 53.5 Å². The minimum absolute atomic E-state index is 0.0937. The molecule has 1 unspecified atom stereocenters. The molecule has 1 aliphatic rings. The van der Waals surface area contributed by atoms with Gasteiger partial charge in [-0.25, -0.2) is 0 Å². The fraction of sp³-hybridized carbons (Fsp3) is 0.368. The molecule has 0 aliphatic carbocycles. The Hall–Kier alpha value is -2.27. The van der Waals surface area contributed by atoms with Crippen molar-refractivity contribution < 1.29 is 14.0 Å². The number of nitrogens with zero attached hydrogens (tertiary/aromatic N) is 1. The second kappa shape index (κ2) is 7.74. The second-order valence-corrected chi connectivity index (χ2v) is 6.61. The van der Waals surface area contributed by atoms with Crippen LogP contribution in [0.3, 0.4) is 0 Å². The third-order valence-corrected chi connectivity index (χ3v) is 4.80. The van der Waals surface area contributed by atoms with Crippen LogP contribution in [-0.4, -0.2) is 29.3 Å². The standard InChI is InChI=1S/C19H21ClN2O3/c1-2-14-6-3-4-10-22(14)19(24)15-12-13(20)8-9-16(15)21-18(23)17-7-5-11-25-17/h5,7-9,11-12,14H,2-4,6,10H2,1H3,(H,21,23). The van der Waals surface area contributed by atoms with E-state index in [9.17, 15) is 9.59 Å². The van der Waals surface area contributed by atoms with Gasteiger partial charge in [-0.15, -0.1) is 0 Å². The van der Waals surface area contributed by atoms with Gasteiger partial charge in [0.25, 0.3) is 11.8 Å². The summed E-state index contributed by atoms with van der Waals surface area (Å²) in [6.07, 6.45) is 5.50. The van der Waals surface area contributed by atoms with Crippen molar-refractivity contribution in [3.63, 3.8) is 0 Å². The zero-order chi connectivity index (χ0) is 17.8. The van der Waals surface area contributed by atoms with E-state index < -0.39 is 5.91 Å². The molecule has 1 aromatic carbocycles. The molecule has 1 atom stereocenters. The number of likely N-dealkylation sites (tertiary alicyclic amines) is 1. The number of furan rings is 1. The van der Waals surface area contributed by atoms with Gasteiger partial charge in [-0.3, -0.25) is 9.59 Å². The maximum Gasteiger partial charge on any atom is 0.291 e. The maximum absolute atomic E-state index is 13.1. The topological polar surface area (TPSA) is 62.6 Å². The van der Waals surface area contributed by atoms with E-state index in [1.54, 1.807) is 30.3 Å². The number of carbonyl (C=O) groups is 2. The first-order chi connectivity index (χ1) is 12.1. The molecule has 2 aromatic rings. The molecule has 2 heterocycles. The predicted octanol–water partition coefficient (Wildman–Crippen LogP) is 4.59. The number of benzene rings is 1. The van der Waals surface area contributed by atoms with Crippen molar-refractivity contribution in [2.75, 3.05) is 11.9 Å². The average Bonchev–Trinajstić information content (AvgIpc) is 3.17. The summed E-state index contributed by atoms with van der Waals surface area (Å²) < 4.78 is 5.11. The Kier molecular flexibility index (Phi) is 5.43. The van der Waals surface area contributed by atoms with Crippen LogP contribution in [0.5, 0.6) is 0 Å². The molecule has 1 N–H and O–H groups in total. The van der Waals surface area contributed by atoms with Gasteiger partial charge in [0, 0.05) is 17.6 Å². The Labute approximate surface area is 151 Å². The molecule has 0 radical (unpaired) electrons. The van der Waals surface area contributed by atoms with E-state index >= 15 is 0 Å². The highest BCUT2D eigenvalue weighted by atomic mass is 35.5. The molecule has 3 rings (SSSR count). The van der Waals surface area contributed by atoms with Crippen molar-refractivity contribution in [1.29, 1.82) is 0 Å². The Morgan fingerprint density at radius 2 is 2.16 bits per heavy atom. The zero-order valence-electron chi connectivity index (χ0n) is 14.1. The largest absolute Gasteiger partial charge is 0.459 e. The Morgan fingerprint density at radius 3 is 2.88 bits per heavy atom. The van der Waals surface area contributed by atoms with Crippen molar-refractivity contribution in [2.45, 2.75) is 38.6 Å². The fourth-order valence-electron chi connectivity index (χ4n) is 3.24. The Balaban J connectivity index is 1.88. The van der Waals surface area contributed by atoms with E-state index in [0.717, 1.165) is 32.2 Å². The second-order valence-electron chi connectivity index (χ2n) is 6.18. The highest BCUT2D eigenvalue weighted by Gasteiger charge is 2.28. The summed E-state index contributed by atoms with van der Waals surface area (Å²) in [5.74, 6) is -0.298. The molecular weight excluding hydrogens is 340 g/mol. The lowest BCUT2D eigenvalue weighted by Gasteiger charge is -2.35. The highest BCUT2D eigenvalue weighted by Crippen LogP contribution is 2.27. The predicted molar refractivity (Wildman–Crippen MR) is 97.1 cm³/mol. The third kappa shape index (κ3) is 3.87. The number of nitrogens with one attached hydrogen (secondary N) is 1. The van der Waals surface area contributed by atoms with Crippen molar-refractivity contribution in [3.05, 3.63) is 52.9 Å². The molecule has 1 fully saturated rings. The number of piperidine rings is 1. The first-order valence-electron chi connectivity index (χ1n) is 8.55. The smallest absolute Gasteiger partial charge is 0.291 e. The van der Waals surface area contributed by atoms with Crippen LogP contribution in [0, 0.1) is 0 Å². The summed E-state index contributed by atoms with van der Waals surface area (Å²) in [5.41, 5.74) is 0.851. The van der Waals surface area contributed by atoms with Crippen LogP contribution in [0.4, 0.5) is 5.69 Å². The van der Waals surface area contributed by atoms with Gasteiger partial charge in [-0.2, -0.15) is 0 Å². The SMILES string of the molecule is CCC1CCCCN1C(=O)c1cc(Cl)ccc1NC(=O)c1ccco1. The van der Waals surface area contributed by atoms with E-state index in [0.29, 0.717) is 16.3 Å².